The molecule has 0 aromatic heterocycles. The third-order valence-electron chi connectivity index (χ3n) is 4.68. The molecule has 0 saturated heterocycles. The van der Waals surface area contributed by atoms with Crippen LogP contribution in [0.3, 0.4) is 0 Å². The Labute approximate surface area is 169 Å². The lowest BCUT2D eigenvalue weighted by atomic mass is 10.0. The lowest BCUT2D eigenvalue weighted by Crippen LogP contribution is -2.24. The van der Waals surface area contributed by atoms with Gasteiger partial charge in [-0.1, -0.05) is 12.1 Å². The quantitative estimate of drug-likeness (QED) is 0.518. The summed E-state index contributed by atoms with van der Waals surface area (Å²) in [6.07, 6.45) is -4.96. The topological polar surface area (TPSA) is 59.0 Å². The van der Waals surface area contributed by atoms with Crippen molar-refractivity contribution in [2.24, 2.45) is 5.10 Å². The van der Waals surface area contributed by atoms with E-state index < -0.39 is 35.5 Å². The minimum absolute atomic E-state index is 0.0707. The highest BCUT2D eigenvalue weighted by Gasteiger charge is 2.34. The molecule has 0 N–H and O–H groups in total. The Morgan fingerprint density at radius 3 is 2.47 bits per heavy atom. The lowest BCUT2D eigenvalue weighted by molar-refractivity contribution is -0.137. The minimum Gasteiger partial charge on any atom is -0.462 e. The van der Waals surface area contributed by atoms with E-state index in [-0.39, 0.29) is 24.3 Å². The summed E-state index contributed by atoms with van der Waals surface area (Å²) in [4.78, 5) is 24.2. The molecule has 1 aliphatic heterocycles. The van der Waals surface area contributed by atoms with E-state index in [0.29, 0.717) is 29.3 Å². The van der Waals surface area contributed by atoms with Crippen molar-refractivity contribution in [1.82, 2.24) is 5.01 Å². The Morgan fingerprint density at radius 1 is 1.20 bits per heavy atom. The van der Waals surface area contributed by atoms with Gasteiger partial charge in [0.05, 0.1) is 35.9 Å². The van der Waals surface area contributed by atoms with E-state index in [1.54, 1.807) is 38.1 Å². The fourth-order valence-electron chi connectivity index (χ4n) is 3.07. The molecule has 158 valence electrons. The Bertz CT molecular complexity index is 1000. The van der Waals surface area contributed by atoms with Gasteiger partial charge in [0.2, 0.25) is 5.91 Å². The second kappa shape index (κ2) is 8.25. The summed E-state index contributed by atoms with van der Waals surface area (Å²) in [6.45, 7) is 3.60. The Morgan fingerprint density at radius 2 is 1.87 bits per heavy atom. The maximum atomic E-state index is 14.1. The van der Waals surface area contributed by atoms with Gasteiger partial charge in [0, 0.05) is 5.56 Å². The predicted octanol–water partition coefficient (Wildman–Crippen LogP) is 4.72. The fraction of sp³-hybridized carbons (Fsp3) is 0.286. The van der Waals surface area contributed by atoms with Crippen LogP contribution in [0.5, 0.6) is 0 Å². The Balaban J connectivity index is 1.86. The number of carbonyl (C=O) groups excluding carboxylic acids is 2. The fourth-order valence-corrected chi connectivity index (χ4v) is 3.07. The summed E-state index contributed by atoms with van der Waals surface area (Å²) in [5.41, 5.74) is -0.457. The van der Waals surface area contributed by atoms with Crippen LogP contribution >= 0.6 is 0 Å². The number of carbonyl (C=O) groups is 2. The third-order valence-corrected chi connectivity index (χ3v) is 4.68. The zero-order valence-corrected chi connectivity index (χ0v) is 16.2. The second-order valence-corrected chi connectivity index (χ2v) is 6.67. The first-order chi connectivity index (χ1) is 14.1. The number of benzene rings is 2. The number of hydrazone groups is 1. The van der Waals surface area contributed by atoms with Crippen molar-refractivity contribution in [3.63, 3.8) is 0 Å². The molecule has 5 nitrogen and oxygen atoms in total. The maximum absolute atomic E-state index is 14.1. The Kier molecular flexibility index (Phi) is 5.91. The summed E-state index contributed by atoms with van der Waals surface area (Å²) >= 11 is 0. The first-order valence-electron chi connectivity index (χ1n) is 9.15. The summed E-state index contributed by atoms with van der Waals surface area (Å²) in [6, 6.07) is 7.78. The second-order valence-electron chi connectivity index (χ2n) is 6.67. The number of esters is 1. The van der Waals surface area contributed by atoms with E-state index >= 15 is 0 Å². The normalized spacial score (nSPS) is 15.2. The van der Waals surface area contributed by atoms with Crippen molar-refractivity contribution < 1.29 is 31.9 Å². The van der Waals surface area contributed by atoms with Gasteiger partial charge >= 0.3 is 12.1 Å². The van der Waals surface area contributed by atoms with Gasteiger partial charge in [-0.2, -0.15) is 18.3 Å². The van der Waals surface area contributed by atoms with Crippen molar-refractivity contribution in [2.45, 2.75) is 32.5 Å². The molecule has 1 atom stereocenters. The van der Waals surface area contributed by atoms with Crippen LogP contribution in [0.1, 0.15) is 53.4 Å². The molecule has 1 heterocycles. The number of hydrogen-bond donors (Lipinski definition) is 0. The Hall–Kier alpha value is -3.23. The molecule has 0 unspecified atom stereocenters. The van der Waals surface area contributed by atoms with E-state index in [9.17, 15) is 27.2 Å². The van der Waals surface area contributed by atoms with Gasteiger partial charge in [0.1, 0.15) is 5.82 Å². The van der Waals surface area contributed by atoms with Crippen LogP contribution in [0, 0.1) is 5.82 Å². The number of halogens is 4. The molecule has 1 amide bonds. The van der Waals surface area contributed by atoms with Crippen molar-refractivity contribution in [2.75, 3.05) is 6.61 Å². The highest BCUT2D eigenvalue weighted by molar-refractivity contribution is 6.13. The van der Waals surface area contributed by atoms with Crippen LogP contribution in [0.25, 0.3) is 0 Å². The molecule has 0 fully saturated rings. The molecule has 2 aromatic carbocycles. The molecule has 0 spiro atoms. The summed E-state index contributed by atoms with van der Waals surface area (Å²) in [7, 11) is 0. The van der Waals surface area contributed by atoms with E-state index in [0.717, 1.165) is 5.01 Å². The van der Waals surface area contributed by atoms with Crippen molar-refractivity contribution in [3.8, 4) is 0 Å². The van der Waals surface area contributed by atoms with Crippen molar-refractivity contribution in [1.29, 1.82) is 0 Å². The zero-order chi connectivity index (χ0) is 22.1. The number of nitrogens with zero attached hydrogens (tertiary/aromatic N) is 2. The van der Waals surface area contributed by atoms with Crippen LogP contribution in [0.2, 0.25) is 0 Å². The maximum Gasteiger partial charge on any atom is 0.416 e. The first-order valence-corrected chi connectivity index (χ1v) is 9.15. The summed E-state index contributed by atoms with van der Waals surface area (Å²) < 4.78 is 57.9. The number of alkyl halides is 3. The van der Waals surface area contributed by atoms with Gasteiger partial charge in [-0.3, -0.25) is 4.79 Å². The summed E-state index contributed by atoms with van der Waals surface area (Å²) in [5.74, 6) is -1.83. The zero-order valence-electron chi connectivity index (χ0n) is 16.2. The van der Waals surface area contributed by atoms with Crippen molar-refractivity contribution in [3.05, 3.63) is 70.5 Å². The van der Waals surface area contributed by atoms with Crippen LogP contribution in [0.15, 0.2) is 47.6 Å². The van der Waals surface area contributed by atoms with Crippen molar-refractivity contribution >= 4 is 17.6 Å². The van der Waals surface area contributed by atoms with E-state index in [1.807, 2.05) is 0 Å². The number of hydrogen-bond acceptors (Lipinski definition) is 4. The molecular weight excluding hydrogens is 404 g/mol. The van der Waals surface area contributed by atoms with Gasteiger partial charge in [-0.15, -0.1) is 0 Å². The van der Waals surface area contributed by atoms with E-state index in [4.69, 9.17) is 4.74 Å². The highest BCUT2D eigenvalue weighted by Crippen LogP contribution is 2.32. The van der Waals surface area contributed by atoms with Crippen LogP contribution in [-0.2, 0) is 15.7 Å². The third kappa shape index (κ3) is 4.34. The highest BCUT2D eigenvalue weighted by atomic mass is 19.4. The largest absolute Gasteiger partial charge is 0.462 e. The molecule has 3 rings (SSSR count). The molecular formula is C21H18F4N2O3. The number of ether oxygens (including phenoxy) is 1. The molecule has 9 heteroatoms. The molecule has 0 aliphatic carbocycles. The average molecular weight is 422 g/mol. The van der Waals surface area contributed by atoms with Crippen LogP contribution < -0.4 is 0 Å². The predicted molar refractivity (Wildman–Crippen MR) is 100 cm³/mol. The molecule has 0 saturated carbocycles. The minimum atomic E-state index is -4.64. The van der Waals surface area contributed by atoms with Crippen LogP contribution in [0.4, 0.5) is 17.6 Å². The lowest BCUT2D eigenvalue weighted by Gasteiger charge is -2.21. The smallest absolute Gasteiger partial charge is 0.416 e. The van der Waals surface area contributed by atoms with E-state index in [1.165, 1.54) is 0 Å². The molecule has 0 radical (unpaired) electrons. The van der Waals surface area contributed by atoms with Gasteiger partial charge in [-0.25, -0.2) is 14.2 Å². The van der Waals surface area contributed by atoms with Gasteiger partial charge in [-0.05, 0) is 49.7 Å². The standard InChI is InChI=1S/C21H18F4N2O3/c1-3-30-20(29)14-6-4-13(5-7-14)12(2)27-19(28)11-18(26-27)16-10-15(21(23,24)25)8-9-17(16)22/h4-10,12H,3,11H2,1-2H3/t12-/m0/s1. The van der Waals surface area contributed by atoms with Crippen LogP contribution in [-0.4, -0.2) is 29.2 Å². The molecule has 2 aromatic rings. The first kappa shape index (κ1) is 21.5. The molecule has 30 heavy (non-hydrogen) atoms. The number of amides is 1. The number of rotatable bonds is 5. The van der Waals surface area contributed by atoms with Gasteiger partial charge in [0.15, 0.2) is 0 Å². The monoisotopic (exact) mass is 422 g/mol. The molecule has 1 aliphatic rings. The van der Waals surface area contributed by atoms with Gasteiger partial charge < -0.3 is 4.74 Å². The van der Waals surface area contributed by atoms with E-state index in [2.05, 4.69) is 5.10 Å². The average Bonchev–Trinajstić information content (AvgIpc) is 3.08. The summed E-state index contributed by atoms with van der Waals surface area (Å²) in [5, 5.41) is 5.19. The van der Waals surface area contributed by atoms with Gasteiger partial charge in [0.25, 0.3) is 0 Å². The molecule has 0 bridgehead atoms. The SMILES string of the molecule is CCOC(=O)c1ccc([C@H](C)N2N=C(c3cc(C(F)(F)F)ccc3F)CC2=O)cc1.